The Bertz CT molecular complexity index is 273. The third-order valence-electron chi connectivity index (χ3n) is 3.01. The maximum absolute atomic E-state index is 8.72. The van der Waals surface area contributed by atoms with Crippen molar-refractivity contribution in [3.63, 3.8) is 0 Å². The fourth-order valence-electron chi connectivity index (χ4n) is 2.02. The first-order chi connectivity index (χ1) is 8.22. The van der Waals surface area contributed by atoms with Gasteiger partial charge in [-0.25, -0.2) is 0 Å². The number of benzene rings is 1. The van der Waals surface area contributed by atoms with E-state index in [9.17, 15) is 0 Å². The van der Waals surface area contributed by atoms with E-state index in [1.807, 2.05) is 0 Å². The lowest BCUT2D eigenvalue weighted by Crippen LogP contribution is -2.20. The summed E-state index contributed by atoms with van der Waals surface area (Å²) >= 11 is 4.02. The molecule has 96 valence electrons. The number of hydrogen-bond donors (Lipinski definition) is 3. The molecule has 1 saturated carbocycles. The van der Waals surface area contributed by atoms with Crippen LogP contribution in [-0.4, -0.2) is 18.2 Å². The highest BCUT2D eigenvalue weighted by molar-refractivity contribution is 7.80. The van der Waals surface area contributed by atoms with Crippen molar-refractivity contribution in [2.75, 3.05) is 13.1 Å². The van der Waals surface area contributed by atoms with E-state index in [0.717, 1.165) is 17.4 Å². The minimum atomic E-state index is 0.280. The normalized spacial score (nSPS) is 15.4. The Balaban J connectivity index is 0.000000171. The highest BCUT2D eigenvalue weighted by Crippen LogP contribution is 2.23. The molecule has 1 aliphatic carbocycles. The summed E-state index contributed by atoms with van der Waals surface area (Å²) in [7, 11) is 0. The van der Waals surface area contributed by atoms with Gasteiger partial charge < -0.3 is 10.4 Å². The first-order valence-corrected chi connectivity index (χ1v) is 6.85. The number of thiol groups is 1. The predicted octanol–water partition coefficient (Wildman–Crippen LogP) is 3.47. The van der Waals surface area contributed by atoms with E-state index in [4.69, 9.17) is 5.11 Å². The molecule has 0 unspecified atom stereocenters. The third-order valence-corrected chi connectivity index (χ3v) is 3.31. The Morgan fingerprint density at radius 3 is 2.29 bits per heavy atom. The van der Waals surface area contributed by atoms with Crippen LogP contribution in [0.4, 0.5) is 0 Å². The number of phenols is 1. The molecule has 0 spiro atoms. The molecule has 0 aromatic heterocycles. The molecule has 1 aromatic carbocycles. The van der Waals surface area contributed by atoms with Crippen LogP contribution >= 0.6 is 12.6 Å². The molecule has 0 aliphatic heterocycles. The second-order valence-corrected chi connectivity index (χ2v) is 4.99. The van der Waals surface area contributed by atoms with Crippen LogP contribution < -0.4 is 5.32 Å². The van der Waals surface area contributed by atoms with Crippen molar-refractivity contribution in [1.29, 1.82) is 0 Å². The van der Waals surface area contributed by atoms with E-state index >= 15 is 0 Å². The molecule has 2 rings (SSSR count). The van der Waals surface area contributed by atoms with Gasteiger partial charge in [0, 0.05) is 4.90 Å². The van der Waals surface area contributed by atoms with Gasteiger partial charge in [-0.1, -0.05) is 19.8 Å². The molecule has 1 fully saturated rings. The summed E-state index contributed by atoms with van der Waals surface area (Å²) in [5.41, 5.74) is 0. The van der Waals surface area contributed by atoms with Crippen molar-refractivity contribution in [1.82, 2.24) is 5.32 Å². The molecule has 1 aliphatic rings. The van der Waals surface area contributed by atoms with Gasteiger partial charge >= 0.3 is 0 Å². The van der Waals surface area contributed by atoms with Crippen LogP contribution in [0.2, 0.25) is 0 Å². The molecule has 0 saturated heterocycles. The van der Waals surface area contributed by atoms with Gasteiger partial charge in [-0.05, 0) is 56.1 Å². The lowest BCUT2D eigenvalue weighted by Gasteiger charge is -2.07. The number of phenolic OH excluding ortho intramolecular Hbond substituents is 1. The third kappa shape index (κ3) is 6.59. The average molecular weight is 253 g/mol. The molecular weight excluding hydrogens is 230 g/mol. The summed E-state index contributed by atoms with van der Waals surface area (Å²) in [6, 6.07) is 6.67. The second-order valence-electron chi connectivity index (χ2n) is 4.47. The highest BCUT2D eigenvalue weighted by Gasteiger charge is 2.13. The van der Waals surface area contributed by atoms with Gasteiger partial charge in [-0.2, -0.15) is 0 Å². The highest BCUT2D eigenvalue weighted by atomic mass is 32.1. The standard InChI is InChI=1S/C8H17N.C6H6OS/c1-2-9-7-8-5-3-4-6-8;7-5-1-3-6(8)4-2-5/h8-9H,2-7H2,1H3;1-4,7-8H. The summed E-state index contributed by atoms with van der Waals surface area (Å²) in [4.78, 5) is 0.864. The van der Waals surface area contributed by atoms with Gasteiger partial charge in [-0.15, -0.1) is 12.6 Å². The average Bonchev–Trinajstić information content (AvgIpc) is 2.84. The quantitative estimate of drug-likeness (QED) is 0.721. The number of hydrogen-bond acceptors (Lipinski definition) is 3. The Morgan fingerprint density at radius 1 is 1.24 bits per heavy atom. The van der Waals surface area contributed by atoms with E-state index in [0.29, 0.717) is 0 Å². The van der Waals surface area contributed by atoms with Gasteiger partial charge in [0.1, 0.15) is 5.75 Å². The second kappa shape index (κ2) is 8.43. The van der Waals surface area contributed by atoms with Gasteiger partial charge in [0.25, 0.3) is 0 Å². The molecule has 1 aromatic rings. The van der Waals surface area contributed by atoms with Crippen molar-refractivity contribution < 1.29 is 5.11 Å². The monoisotopic (exact) mass is 253 g/mol. The molecule has 2 N–H and O–H groups in total. The van der Waals surface area contributed by atoms with Gasteiger partial charge in [0.2, 0.25) is 0 Å². The summed E-state index contributed by atoms with van der Waals surface area (Å²) in [6.07, 6.45) is 5.87. The predicted molar refractivity (Wildman–Crippen MR) is 75.9 cm³/mol. The largest absolute Gasteiger partial charge is 0.508 e. The molecule has 0 bridgehead atoms. The van der Waals surface area contributed by atoms with Crippen LogP contribution in [0, 0.1) is 5.92 Å². The maximum atomic E-state index is 8.72. The van der Waals surface area contributed by atoms with E-state index in [1.165, 1.54) is 32.2 Å². The maximum Gasteiger partial charge on any atom is 0.115 e. The Hall–Kier alpha value is -0.670. The van der Waals surface area contributed by atoms with E-state index < -0.39 is 0 Å². The van der Waals surface area contributed by atoms with Crippen molar-refractivity contribution in [3.8, 4) is 5.75 Å². The molecule has 17 heavy (non-hydrogen) atoms. The van der Waals surface area contributed by atoms with Crippen LogP contribution in [-0.2, 0) is 0 Å². The molecule has 0 radical (unpaired) electrons. The van der Waals surface area contributed by atoms with Crippen LogP contribution in [0.1, 0.15) is 32.6 Å². The Kier molecular flexibility index (Phi) is 7.13. The molecule has 3 heteroatoms. The first-order valence-electron chi connectivity index (χ1n) is 6.41. The molecule has 0 heterocycles. The smallest absolute Gasteiger partial charge is 0.115 e. The Morgan fingerprint density at radius 2 is 1.82 bits per heavy atom. The van der Waals surface area contributed by atoms with E-state index in [1.54, 1.807) is 24.3 Å². The lowest BCUT2D eigenvalue weighted by atomic mass is 10.1. The summed E-state index contributed by atoms with van der Waals surface area (Å²) in [6.45, 7) is 4.57. The van der Waals surface area contributed by atoms with Crippen LogP contribution in [0.15, 0.2) is 29.2 Å². The summed E-state index contributed by atoms with van der Waals surface area (Å²) in [5.74, 6) is 1.28. The van der Waals surface area contributed by atoms with Crippen molar-refractivity contribution >= 4 is 12.6 Å². The van der Waals surface area contributed by atoms with E-state index in [2.05, 4.69) is 24.9 Å². The van der Waals surface area contributed by atoms with E-state index in [-0.39, 0.29) is 5.75 Å². The zero-order valence-corrected chi connectivity index (χ0v) is 11.4. The molecule has 0 atom stereocenters. The van der Waals surface area contributed by atoms with Crippen molar-refractivity contribution in [2.24, 2.45) is 5.92 Å². The van der Waals surface area contributed by atoms with Gasteiger partial charge in [0.05, 0.1) is 0 Å². The summed E-state index contributed by atoms with van der Waals surface area (Å²) < 4.78 is 0. The topological polar surface area (TPSA) is 32.3 Å². The number of aromatic hydroxyl groups is 1. The SMILES string of the molecule is CCNCC1CCCC1.Oc1ccc(S)cc1. The Labute approximate surface area is 110 Å². The molecular formula is C14H23NOS. The molecule has 2 nitrogen and oxygen atoms in total. The van der Waals surface area contributed by atoms with Crippen molar-refractivity contribution in [3.05, 3.63) is 24.3 Å². The summed E-state index contributed by atoms with van der Waals surface area (Å²) in [5, 5.41) is 12.1. The number of nitrogens with one attached hydrogen (secondary N) is 1. The zero-order valence-electron chi connectivity index (χ0n) is 10.5. The zero-order chi connectivity index (χ0) is 12.5. The van der Waals surface area contributed by atoms with Crippen LogP contribution in [0.3, 0.4) is 0 Å². The van der Waals surface area contributed by atoms with Crippen molar-refractivity contribution in [2.45, 2.75) is 37.5 Å². The minimum absolute atomic E-state index is 0.280. The first kappa shape index (κ1) is 14.4. The van der Waals surface area contributed by atoms with Gasteiger partial charge in [-0.3, -0.25) is 0 Å². The lowest BCUT2D eigenvalue weighted by molar-refractivity contribution is 0.475. The minimum Gasteiger partial charge on any atom is -0.508 e. The van der Waals surface area contributed by atoms with Crippen LogP contribution in [0.5, 0.6) is 5.75 Å². The molecule has 0 amide bonds. The van der Waals surface area contributed by atoms with Gasteiger partial charge in [0.15, 0.2) is 0 Å². The fraction of sp³-hybridized carbons (Fsp3) is 0.571. The fourth-order valence-corrected chi connectivity index (χ4v) is 2.16. The number of rotatable bonds is 3. The van der Waals surface area contributed by atoms with Crippen LogP contribution in [0.25, 0.3) is 0 Å².